The van der Waals surface area contributed by atoms with Gasteiger partial charge in [-0.15, -0.1) is 0 Å². The van der Waals surface area contributed by atoms with Gasteiger partial charge in [0.15, 0.2) is 9.84 Å². The average Bonchev–Trinajstić information content (AvgIpc) is 3.04. The largest absolute Gasteiger partial charge is 0.501 e. The van der Waals surface area contributed by atoms with Crippen molar-refractivity contribution < 1.29 is 30.0 Å². The molecule has 1 N–H and O–H groups in total. The van der Waals surface area contributed by atoms with Crippen LogP contribution in [-0.2, 0) is 19.7 Å². The third kappa shape index (κ3) is 3.32. The highest BCUT2D eigenvalue weighted by atomic mass is 32.2. The van der Waals surface area contributed by atoms with Crippen molar-refractivity contribution >= 4 is 30.6 Å². The Kier molecular flexibility index (Phi) is 4.55. The van der Waals surface area contributed by atoms with Crippen LogP contribution in [0, 0.1) is 0 Å². The number of aromatic nitrogens is 2. The Morgan fingerprint density at radius 3 is 2.41 bits per heavy atom. The molecular weight excluding hydrogens is 405 g/mol. The number of alkyl halides is 3. The van der Waals surface area contributed by atoms with Crippen molar-refractivity contribution in [1.29, 1.82) is 0 Å². The van der Waals surface area contributed by atoms with Crippen LogP contribution in [0.4, 0.5) is 13.2 Å². The zero-order valence-corrected chi connectivity index (χ0v) is 15.4. The standard InChI is InChI=1S/C16H13F3N2O4S2/c1-2-26(22,23)14-4-3-7-20-15(14)13-9-10-8-11(5-6-12(10)21-13)27(24,25)16(17,18)19/h3-9,21H,2H2,1H3. The molecule has 0 spiro atoms. The highest BCUT2D eigenvalue weighted by Gasteiger charge is 2.46. The number of pyridine rings is 1. The first-order valence-electron chi connectivity index (χ1n) is 7.59. The summed E-state index contributed by atoms with van der Waals surface area (Å²) in [6, 6.07) is 7.12. The first-order chi connectivity index (χ1) is 12.5. The molecule has 0 atom stereocenters. The van der Waals surface area contributed by atoms with E-state index in [1.165, 1.54) is 37.4 Å². The van der Waals surface area contributed by atoms with Crippen LogP contribution in [0.2, 0.25) is 0 Å². The number of fused-ring (bicyclic) bond motifs is 1. The fraction of sp³-hybridized carbons (Fsp3) is 0.188. The van der Waals surface area contributed by atoms with E-state index < -0.39 is 30.1 Å². The molecule has 3 aromatic rings. The van der Waals surface area contributed by atoms with Crippen LogP contribution in [0.5, 0.6) is 0 Å². The van der Waals surface area contributed by atoms with Crippen LogP contribution in [0.3, 0.4) is 0 Å². The van der Waals surface area contributed by atoms with E-state index in [0.717, 1.165) is 12.1 Å². The maximum absolute atomic E-state index is 12.7. The zero-order valence-electron chi connectivity index (χ0n) is 13.8. The number of rotatable bonds is 4. The maximum Gasteiger partial charge on any atom is 0.501 e. The molecule has 0 aliphatic heterocycles. The summed E-state index contributed by atoms with van der Waals surface area (Å²) in [7, 11) is -9.08. The maximum atomic E-state index is 12.7. The van der Waals surface area contributed by atoms with Crippen LogP contribution >= 0.6 is 0 Å². The molecule has 0 aliphatic carbocycles. The molecule has 6 nitrogen and oxygen atoms in total. The molecule has 0 amide bonds. The van der Waals surface area contributed by atoms with Gasteiger partial charge in [0.1, 0.15) is 5.69 Å². The quantitative estimate of drug-likeness (QED) is 0.701. The second-order valence-electron chi connectivity index (χ2n) is 5.63. The molecule has 2 aromatic heterocycles. The van der Waals surface area contributed by atoms with Crippen LogP contribution < -0.4 is 0 Å². The number of nitrogens with zero attached hydrogens (tertiary/aromatic N) is 1. The molecule has 0 radical (unpaired) electrons. The van der Waals surface area contributed by atoms with Crippen molar-refractivity contribution in [2.45, 2.75) is 22.2 Å². The molecule has 2 heterocycles. The fourth-order valence-corrected chi connectivity index (χ4v) is 4.39. The molecule has 144 valence electrons. The summed E-state index contributed by atoms with van der Waals surface area (Å²) >= 11 is 0. The first-order valence-corrected chi connectivity index (χ1v) is 10.7. The van der Waals surface area contributed by atoms with Crippen molar-refractivity contribution in [1.82, 2.24) is 9.97 Å². The number of hydrogen-bond acceptors (Lipinski definition) is 5. The van der Waals surface area contributed by atoms with Gasteiger partial charge in [0, 0.05) is 17.1 Å². The molecule has 27 heavy (non-hydrogen) atoms. The fourth-order valence-electron chi connectivity index (χ4n) is 2.54. The number of aromatic amines is 1. The van der Waals surface area contributed by atoms with Crippen LogP contribution in [-0.4, -0.2) is 38.1 Å². The number of halogens is 3. The van der Waals surface area contributed by atoms with E-state index in [-0.39, 0.29) is 27.4 Å². The Bertz CT molecular complexity index is 1230. The second-order valence-corrected chi connectivity index (χ2v) is 9.82. The summed E-state index contributed by atoms with van der Waals surface area (Å²) in [4.78, 5) is 6.00. The van der Waals surface area contributed by atoms with Crippen molar-refractivity contribution in [3.63, 3.8) is 0 Å². The Morgan fingerprint density at radius 2 is 1.78 bits per heavy atom. The van der Waals surface area contributed by atoms with Gasteiger partial charge in [-0.05, 0) is 36.4 Å². The summed E-state index contributed by atoms with van der Waals surface area (Å²) in [5.41, 5.74) is -4.71. The number of H-pyrrole nitrogens is 1. The summed E-state index contributed by atoms with van der Waals surface area (Å²) in [6.07, 6.45) is 1.38. The Morgan fingerprint density at radius 1 is 1.07 bits per heavy atom. The van der Waals surface area contributed by atoms with Crippen molar-refractivity contribution in [3.8, 4) is 11.4 Å². The van der Waals surface area contributed by atoms with E-state index in [0.29, 0.717) is 5.52 Å². The normalized spacial score (nSPS) is 13.2. The highest BCUT2D eigenvalue weighted by molar-refractivity contribution is 7.92. The molecule has 0 aliphatic rings. The number of benzene rings is 1. The Hall–Kier alpha value is -2.40. The van der Waals surface area contributed by atoms with Crippen LogP contribution in [0.15, 0.2) is 52.4 Å². The molecule has 3 rings (SSSR count). The number of hydrogen-bond donors (Lipinski definition) is 1. The van der Waals surface area contributed by atoms with Gasteiger partial charge >= 0.3 is 5.51 Å². The van der Waals surface area contributed by atoms with Crippen LogP contribution in [0.1, 0.15) is 6.92 Å². The third-order valence-electron chi connectivity index (χ3n) is 3.95. The summed E-state index contributed by atoms with van der Waals surface area (Å²) < 4.78 is 85.9. The molecule has 0 unspecified atom stereocenters. The van der Waals surface area contributed by atoms with Crippen molar-refractivity contribution in [2.24, 2.45) is 0 Å². The zero-order chi connectivity index (χ0) is 20.0. The van der Waals surface area contributed by atoms with E-state index in [1.807, 2.05) is 0 Å². The van der Waals surface area contributed by atoms with Crippen molar-refractivity contribution in [3.05, 3.63) is 42.6 Å². The lowest BCUT2D eigenvalue weighted by atomic mass is 10.2. The van der Waals surface area contributed by atoms with Gasteiger partial charge in [0.25, 0.3) is 9.84 Å². The third-order valence-corrected chi connectivity index (χ3v) is 7.19. The Balaban J connectivity index is 2.18. The number of sulfone groups is 2. The van der Waals surface area contributed by atoms with E-state index in [1.54, 1.807) is 0 Å². The predicted molar refractivity (Wildman–Crippen MR) is 92.5 cm³/mol. The van der Waals surface area contributed by atoms with Gasteiger partial charge in [-0.2, -0.15) is 13.2 Å². The minimum Gasteiger partial charge on any atom is -0.353 e. The highest BCUT2D eigenvalue weighted by Crippen LogP contribution is 2.33. The van der Waals surface area contributed by atoms with Gasteiger partial charge in [0.05, 0.1) is 21.2 Å². The topological polar surface area (TPSA) is 97.0 Å². The minimum absolute atomic E-state index is 0.0257. The van der Waals surface area contributed by atoms with E-state index in [4.69, 9.17) is 0 Å². The summed E-state index contributed by atoms with van der Waals surface area (Å²) in [5, 5.41) is 0.181. The first kappa shape index (κ1) is 19.4. The van der Waals surface area contributed by atoms with Crippen LogP contribution in [0.25, 0.3) is 22.3 Å². The van der Waals surface area contributed by atoms with Gasteiger partial charge in [0.2, 0.25) is 0 Å². The van der Waals surface area contributed by atoms with E-state index >= 15 is 0 Å². The molecule has 0 saturated heterocycles. The molecular formula is C16H13F3N2O4S2. The summed E-state index contributed by atoms with van der Waals surface area (Å²) in [6.45, 7) is 1.48. The second kappa shape index (κ2) is 6.34. The Labute approximate surface area is 152 Å². The molecule has 0 bridgehead atoms. The lowest BCUT2D eigenvalue weighted by Gasteiger charge is -2.07. The number of nitrogens with one attached hydrogen (secondary N) is 1. The predicted octanol–water partition coefficient (Wildman–Crippen LogP) is 3.32. The van der Waals surface area contributed by atoms with Gasteiger partial charge in [-0.3, -0.25) is 4.98 Å². The minimum atomic E-state index is -5.48. The lowest BCUT2D eigenvalue weighted by Crippen LogP contribution is -2.23. The molecule has 0 fully saturated rings. The van der Waals surface area contributed by atoms with Gasteiger partial charge in [-0.1, -0.05) is 6.92 Å². The van der Waals surface area contributed by atoms with E-state index in [9.17, 15) is 30.0 Å². The summed E-state index contributed by atoms with van der Waals surface area (Å²) in [5.74, 6) is -0.153. The van der Waals surface area contributed by atoms with Gasteiger partial charge in [-0.25, -0.2) is 16.8 Å². The van der Waals surface area contributed by atoms with E-state index in [2.05, 4.69) is 9.97 Å². The molecule has 11 heteroatoms. The lowest BCUT2D eigenvalue weighted by molar-refractivity contribution is -0.0435. The van der Waals surface area contributed by atoms with Gasteiger partial charge < -0.3 is 4.98 Å². The SMILES string of the molecule is CCS(=O)(=O)c1cccnc1-c1cc2cc(S(=O)(=O)C(F)(F)F)ccc2[nH]1. The smallest absolute Gasteiger partial charge is 0.353 e. The molecule has 1 aromatic carbocycles. The average molecular weight is 418 g/mol. The monoisotopic (exact) mass is 418 g/mol. The van der Waals surface area contributed by atoms with Crippen molar-refractivity contribution in [2.75, 3.05) is 5.75 Å². The molecule has 0 saturated carbocycles.